The van der Waals surface area contributed by atoms with Crippen molar-refractivity contribution in [2.45, 2.75) is 89.1 Å². The molecule has 7 rings (SSSR count). The SMILES string of the molecule is NC(=O)C1(OC(=O)C23CC4CC(CC(C4)C2)C3)CCC(CCN2CCC(C(=O)c3ccc(F)cc3)CC2)CC1. The molecule has 0 radical (unpaired) electrons. The van der Waals surface area contributed by atoms with E-state index in [1.807, 2.05) is 0 Å². The Balaban J connectivity index is 0.971. The van der Waals surface area contributed by atoms with Crippen molar-refractivity contribution in [3.8, 4) is 0 Å². The summed E-state index contributed by atoms with van der Waals surface area (Å²) < 4.78 is 19.4. The molecule has 39 heavy (non-hydrogen) atoms. The second-order valence-electron chi connectivity index (χ2n) is 13.7. The summed E-state index contributed by atoms with van der Waals surface area (Å²) in [5.74, 6) is 1.60. The van der Waals surface area contributed by atoms with Gasteiger partial charge in [0.25, 0.3) is 5.91 Å². The molecular weight excluding hydrogens is 495 g/mol. The van der Waals surface area contributed by atoms with Crippen LogP contribution in [0.4, 0.5) is 4.39 Å². The van der Waals surface area contributed by atoms with Gasteiger partial charge in [0.2, 0.25) is 0 Å². The summed E-state index contributed by atoms with van der Waals surface area (Å²) in [6.07, 6.45) is 12.0. The molecule has 0 unspecified atom stereocenters. The molecule has 212 valence electrons. The molecule has 1 aromatic carbocycles. The Morgan fingerprint density at radius 2 is 1.46 bits per heavy atom. The number of amides is 1. The number of likely N-dealkylation sites (tertiary alicyclic amines) is 1. The van der Waals surface area contributed by atoms with Gasteiger partial charge in [-0.25, -0.2) is 4.39 Å². The number of Topliss-reactive ketones (excluding diaryl/α,β-unsaturated/α-hetero) is 1. The van der Waals surface area contributed by atoms with E-state index in [4.69, 9.17) is 10.5 Å². The average molecular weight is 539 g/mol. The first-order valence-corrected chi connectivity index (χ1v) is 15.3. The van der Waals surface area contributed by atoms with Gasteiger partial charge in [-0.15, -0.1) is 0 Å². The zero-order valence-electron chi connectivity index (χ0n) is 23.0. The van der Waals surface area contributed by atoms with Gasteiger partial charge in [0.1, 0.15) is 5.82 Å². The topological polar surface area (TPSA) is 89.7 Å². The number of primary amides is 1. The van der Waals surface area contributed by atoms with Gasteiger partial charge in [-0.1, -0.05) is 0 Å². The lowest BCUT2D eigenvalue weighted by atomic mass is 9.49. The van der Waals surface area contributed by atoms with E-state index >= 15 is 0 Å². The summed E-state index contributed by atoms with van der Waals surface area (Å²) >= 11 is 0. The number of hydrogen-bond donors (Lipinski definition) is 1. The number of benzene rings is 1. The van der Waals surface area contributed by atoms with E-state index in [1.165, 1.54) is 31.4 Å². The molecule has 6 nitrogen and oxygen atoms in total. The highest BCUT2D eigenvalue weighted by molar-refractivity contribution is 5.97. The number of halogens is 1. The quantitative estimate of drug-likeness (QED) is 0.359. The normalized spacial score (nSPS) is 36.5. The molecule has 7 heteroatoms. The minimum Gasteiger partial charge on any atom is -0.449 e. The van der Waals surface area contributed by atoms with Gasteiger partial charge in [0, 0.05) is 11.5 Å². The van der Waals surface area contributed by atoms with Gasteiger partial charge in [-0.3, -0.25) is 14.4 Å². The lowest BCUT2D eigenvalue weighted by Gasteiger charge is -2.55. The van der Waals surface area contributed by atoms with Gasteiger partial charge in [-0.05, 0) is 151 Å². The molecule has 0 atom stereocenters. The van der Waals surface area contributed by atoms with Crippen molar-refractivity contribution in [3.05, 3.63) is 35.6 Å². The van der Waals surface area contributed by atoms with Crippen LogP contribution >= 0.6 is 0 Å². The summed E-state index contributed by atoms with van der Waals surface area (Å²) in [5, 5.41) is 0. The van der Waals surface area contributed by atoms with Crippen LogP contribution < -0.4 is 5.73 Å². The fraction of sp³-hybridized carbons (Fsp3) is 0.719. The van der Waals surface area contributed by atoms with Crippen molar-refractivity contribution in [3.63, 3.8) is 0 Å². The maximum Gasteiger partial charge on any atom is 0.313 e. The van der Waals surface area contributed by atoms with E-state index < -0.39 is 11.5 Å². The molecule has 2 N–H and O–H groups in total. The summed E-state index contributed by atoms with van der Waals surface area (Å²) in [6.45, 7) is 2.75. The van der Waals surface area contributed by atoms with Gasteiger partial charge in [0.05, 0.1) is 5.41 Å². The molecule has 0 spiro atoms. The molecule has 1 heterocycles. The first-order chi connectivity index (χ1) is 18.7. The fourth-order valence-electron chi connectivity index (χ4n) is 9.11. The molecule has 6 fully saturated rings. The lowest BCUT2D eigenvalue weighted by Crippen LogP contribution is -2.56. The van der Waals surface area contributed by atoms with E-state index in [2.05, 4.69) is 4.90 Å². The van der Waals surface area contributed by atoms with Crippen molar-refractivity contribution in [1.29, 1.82) is 0 Å². The van der Waals surface area contributed by atoms with E-state index in [-0.39, 0.29) is 28.9 Å². The molecule has 1 saturated heterocycles. The summed E-state index contributed by atoms with van der Waals surface area (Å²) in [4.78, 5) is 41.4. The van der Waals surface area contributed by atoms with Gasteiger partial charge < -0.3 is 15.4 Å². The van der Waals surface area contributed by atoms with E-state index in [1.54, 1.807) is 12.1 Å². The summed E-state index contributed by atoms with van der Waals surface area (Å²) in [5.41, 5.74) is 4.97. The van der Waals surface area contributed by atoms with Crippen LogP contribution in [0.25, 0.3) is 0 Å². The third-order valence-electron chi connectivity index (χ3n) is 11.1. The third kappa shape index (κ3) is 5.40. The van der Waals surface area contributed by atoms with Gasteiger partial charge in [0.15, 0.2) is 11.4 Å². The monoisotopic (exact) mass is 538 g/mol. The minimum absolute atomic E-state index is 0.00114. The summed E-state index contributed by atoms with van der Waals surface area (Å²) in [7, 11) is 0. The van der Waals surface area contributed by atoms with Crippen LogP contribution in [-0.2, 0) is 14.3 Å². The number of nitrogens with two attached hydrogens (primary N) is 1. The zero-order valence-corrected chi connectivity index (χ0v) is 23.0. The average Bonchev–Trinajstić information content (AvgIpc) is 2.92. The number of carbonyl (C=O) groups excluding carboxylic acids is 3. The van der Waals surface area contributed by atoms with Crippen LogP contribution in [0.15, 0.2) is 24.3 Å². The highest BCUT2D eigenvalue weighted by Gasteiger charge is 2.57. The number of piperidine rings is 1. The molecule has 1 amide bonds. The smallest absolute Gasteiger partial charge is 0.313 e. The first-order valence-electron chi connectivity index (χ1n) is 15.3. The van der Waals surface area contributed by atoms with Crippen molar-refractivity contribution in [2.75, 3.05) is 19.6 Å². The largest absolute Gasteiger partial charge is 0.449 e. The number of nitrogens with zero attached hydrogens (tertiary/aromatic N) is 1. The standard InChI is InChI=1S/C32H43FN2O4/c33-27-3-1-25(2-4-27)28(36)26-8-13-35(14-9-26)12-7-21-5-10-32(11-6-21,29(34)37)39-30(38)31-18-22-15-23(19-31)17-24(16-22)20-31/h1-4,21-24,26H,5-20H2,(H2,34,37). The third-order valence-corrected chi connectivity index (χ3v) is 11.1. The van der Waals surface area contributed by atoms with Crippen molar-refractivity contribution < 1.29 is 23.5 Å². The van der Waals surface area contributed by atoms with Gasteiger partial charge >= 0.3 is 5.97 Å². The number of carbonyl (C=O) groups is 3. The Hall–Kier alpha value is -2.28. The molecule has 0 aromatic heterocycles. The van der Waals surface area contributed by atoms with Crippen molar-refractivity contribution in [1.82, 2.24) is 4.90 Å². The highest BCUT2D eigenvalue weighted by Crippen LogP contribution is 2.60. The Bertz CT molecular complexity index is 1050. The van der Waals surface area contributed by atoms with Crippen molar-refractivity contribution >= 4 is 17.7 Å². The Labute approximate surface area is 231 Å². The van der Waals surface area contributed by atoms with E-state index in [9.17, 15) is 18.8 Å². The molecule has 6 aliphatic rings. The number of ether oxygens (including phenoxy) is 1. The van der Waals surface area contributed by atoms with Crippen LogP contribution in [0.5, 0.6) is 0 Å². The Morgan fingerprint density at radius 3 is 2.00 bits per heavy atom. The molecule has 1 aliphatic heterocycles. The maximum absolute atomic E-state index is 13.6. The number of esters is 1. The molecular formula is C32H43FN2O4. The summed E-state index contributed by atoms with van der Waals surface area (Å²) in [6, 6.07) is 5.87. The van der Waals surface area contributed by atoms with Crippen LogP contribution in [0.3, 0.4) is 0 Å². The fourth-order valence-corrected chi connectivity index (χ4v) is 9.11. The number of rotatable bonds is 8. The maximum atomic E-state index is 13.6. The van der Waals surface area contributed by atoms with Crippen LogP contribution in [-0.4, -0.2) is 47.8 Å². The predicted molar refractivity (Wildman–Crippen MR) is 145 cm³/mol. The second-order valence-corrected chi connectivity index (χ2v) is 13.7. The Kier molecular flexibility index (Phi) is 7.32. The number of ketones is 1. The Morgan fingerprint density at radius 1 is 0.897 bits per heavy atom. The van der Waals surface area contributed by atoms with Crippen molar-refractivity contribution in [2.24, 2.45) is 40.7 Å². The molecule has 4 bridgehead atoms. The molecule has 5 aliphatic carbocycles. The minimum atomic E-state index is -1.14. The first kappa shape index (κ1) is 26.9. The van der Waals surface area contributed by atoms with Crippen LogP contribution in [0.2, 0.25) is 0 Å². The lowest BCUT2D eigenvalue weighted by molar-refractivity contribution is -0.193. The second kappa shape index (κ2) is 10.6. The number of hydrogen-bond acceptors (Lipinski definition) is 5. The van der Waals surface area contributed by atoms with Gasteiger partial charge in [-0.2, -0.15) is 0 Å². The van der Waals surface area contributed by atoms with E-state index in [0.717, 1.165) is 71.0 Å². The van der Waals surface area contributed by atoms with E-state index in [0.29, 0.717) is 42.1 Å². The zero-order chi connectivity index (χ0) is 27.2. The molecule has 1 aromatic rings. The molecule has 5 saturated carbocycles. The van der Waals surface area contributed by atoms with Crippen LogP contribution in [0, 0.1) is 40.8 Å². The predicted octanol–water partition coefficient (Wildman–Crippen LogP) is 5.28. The van der Waals surface area contributed by atoms with Crippen LogP contribution in [0.1, 0.15) is 93.8 Å². The highest BCUT2D eigenvalue weighted by atomic mass is 19.1.